The second-order valence-corrected chi connectivity index (χ2v) is 20.0. The van der Waals surface area contributed by atoms with Crippen LogP contribution in [0.4, 0.5) is 10.1 Å². The first-order valence-electron chi connectivity index (χ1n) is 20.3. The molecule has 1 spiro atoms. The van der Waals surface area contributed by atoms with Gasteiger partial charge in [0.15, 0.2) is 0 Å². The van der Waals surface area contributed by atoms with Crippen LogP contribution in [0.15, 0.2) is 42.0 Å². The van der Waals surface area contributed by atoms with Crippen LogP contribution < -0.4 is 14.4 Å². The Morgan fingerprint density at radius 2 is 1.95 bits per heavy atom. The summed E-state index contributed by atoms with van der Waals surface area (Å²) in [5.74, 6) is -0.0353. The molecule has 8 atom stereocenters. The van der Waals surface area contributed by atoms with Gasteiger partial charge in [0.2, 0.25) is 10.0 Å². The molecule has 3 aliphatic carbocycles. The lowest BCUT2D eigenvalue weighted by atomic mass is 9.58. The fraction of sp³-hybridized carbons (Fsp3) is 0.643. The summed E-state index contributed by atoms with van der Waals surface area (Å²) in [7, 11) is -2.14. The molecule has 5 aliphatic heterocycles. The number of fused-ring (bicyclic) bond motifs is 7. The lowest BCUT2D eigenvalue weighted by Gasteiger charge is -2.57. The summed E-state index contributed by atoms with van der Waals surface area (Å²) in [4.78, 5) is 21.2. The van der Waals surface area contributed by atoms with Crippen molar-refractivity contribution in [1.29, 1.82) is 0 Å². The first-order valence-corrected chi connectivity index (χ1v) is 22.2. The van der Waals surface area contributed by atoms with Crippen LogP contribution in [0.1, 0.15) is 67.4 Å². The minimum Gasteiger partial charge on any atom is -0.490 e. The second kappa shape index (κ2) is 14.3. The van der Waals surface area contributed by atoms with E-state index in [0.29, 0.717) is 43.5 Å². The van der Waals surface area contributed by atoms with Crippen molar-refractivity contribution in [2.24, 2.45) is 23.7 Å². The fourth-order valence-corrected chi connectivity index (χ4v) is 12.6. The third-order valence-electron chi connectivity index (χ3n) is 14.8. The van der Waals surface area contributed by atoms with E-state index in [4.69, 9.17) is 25.8 Å². The highest BCUT2D eigenvalue weighted by molar-refractivity contribution is 7.90. The molecule has 1 amide bonds. The minimum absolute atomic E-state index is 0.0509. The smallest absolute Gasteiger partial charge is 0.264 e. The molecule has 2 aromatic carbocycles. The Hall–Kier alpha value is -2.74. The molecule has 4 bridgehead atoms. The van der Waals surface area contributed by atoms with Crippen LogP contribution in [0.2, 0.25) is 5.02 Å². The number of halogens is 2. The van der Waals surface area contributed by atoms with Crippen molar-refractivity contribution in [3.63, 3.8) is 0 Å². The predicted octanol–water partition coefficient (Wildman–Crippen LogP) is 5.42. The van der Waals surface area contributed by atoms with E-state index in [-0.39, 0.29) is 40.1 Å². The number of rotatable bonds is 3. The van der Waals surface area contributed by atoms with Crippen LogP contribution in [-0.4, -0.2) is 114 Å². The molecule has 0 unspecified atom stereocenters. The van der Waals surface area contributed by atoms with Crippen molar-refractivity contribution in [3.8, 4) is 5.75 Å². The van der Waals surface area contributed by atoms with Gasteiger partial charge in [-0.1, -0.05) is 30.7 Å². The van der Waals surface area contributed by atoms with Crippen LogP contribution in [0, 0.1) is 29.5 Å². The average molecular weight is 797 g/mol. The number of carbonyl (C=O) groups excluding carboxylic acids is 1. The van der Waals surface area contributed by atoms with E-state index in [9.17, 15) is 13.2 Å². The number of nitrogens with one attached hydrogen (secondary N) is 1. The fourth-order valence-electron chi connectivity index (χ4n) is 11.1. The van der Waals surface area contributed by atoms with Crippen LogP contribution >= 0.6 is 11.6 Å². The minimum atomic E-state index is -4.00. The van der Waals surface area contributed by atoms with Gasteiger partial charge in [0.05, 0.1) is 35.8 Å². The monoisotopic (exact) mass is 796 g/mol. The van der Waals surface area contributed by atoms with Gasteiger partial charge in [-0.3, -0.25) is 14.6 Å². The molecule has 298 valence electrons. The Balaban J connectivity index is 1.13. The summed E-state index contributed by atoms with van der Waals surface area (Å²) in [5.41, 5.74) is 2.81. The van der Waals surface area contributed by atoms with E-state index >= 15 is 4.39 Å². The quantitative estimate of drug-likeness (QED) is 0.409. The molecule has 13 heteroatoms. The summed E-state index contributed by atoms with van der Waals surface area (Å²) in [6, 6.07) is 9.21. The highest BCUT2D eigenvalue weighted by Crippen LogP contribution is 2.54. The molecule has 55 heavy (non-hydrogen) atoms. The van der Waals surface area contributed by atoms with Crippen molar-refractivity contribution in [1.82, 2.24) is 14.5 Å². The largest absolute Gasteiger partial charge is 0.490 e. The molecule has 8 aliphatic rings. The third kappa shape index (κ3) is 6.41. The Kier molecular flexibility index (Phi) is 9.81. The standard InChI is InChI=1S/C42H54ClFN4O6S/c1-26-27(2)55(50,51)45-40(49)28-7-11-38-37(19-28)48(23-41(25-54-38)12-4-5-33-35(41)9-10-36(43)39(33)44)20-29-6-8-34(29)42(52-3,31-17-30(26)18-31)24-46-13-14-47-15-16-53-22-32(47)21-46/h7,9-11,17,19,26-27,29-30,32,34H,4-6,8,12-16,18,20-25H2,1-3H3,(H,45,49)/t26-,27+,29+,30+,32+,34-,41+,42+/m1/s1. The third-order valence-corrected chi connectivity index (χ3v) is 16.9. The Bertz CT molecular complexity index is 2000. The number of methoxy groups -OCH3 is 1. The molecule has 0 radical (unpaired) electrons. The summed E-state index contributed by atoms with van der Waals surface area (Å²) < 4.78 is 65.0. The Morgan fingerprint density at radius 1 is 1.11 bits per heavy atom. The number of amides is 1. The summed E-state index contributed by atoms with van der Waals surface area (Å²) in [6.07, 6.45) is 7.32. The molecule has 1 N–H and O–H groups in total. The van der Waals surface area contributed by atoms with Crippen LogP contribution in [0.25, 0.3) is 0 Å². The van der Waals surface area contributed by atoms with E-state index < -0.39 is 32.2 Å². The zero-order valence-electron chi connectivity index (χ0n) is 32.2. The number of nitrogens with zero attached hydrogens (tertiary/aromatic N) is 3. The first-order chi connectivity index (χ1) is 26.4. The van der Waals surface area contributed by atoms with Gasteiger partial charge in [0.1, 0.15) is 17.2 Å². The number of sulfonamides is 1. The van der Waals surface area contributed by atoms with Crippen molar-refractivity contribution in [2.75, 3.05) is 77.6 Å². The molecular weight excluding hydrogens is 743 g/mol. The molecule has 2 aromatic rings. The number of allylic oxidation sites excluding steroid dienone is 1. The van der Waals surface area contributed by atoms with Crippen molar-refractivity contribution >= 4 is 33.2 Å². The van der Waals surface area contributed by atoms with Gasteiger partial charge in [-0.2, -0.15) is 0 Å². The SMILES string of the molecule is CO[C@@]1(CN2CCN3CCOC[C@@H]3C2)C2=C[C@@H](C2)[C@H](C)[C@H](C)S(=O)(=O)NC(=O)c2ccc3c(c2)N(C[C@@H]2CC[C@H]21)C[C@@]1(CCCc2c1ccc(Cl)c2F)CO3. The van der Waals surface area contributed by atoms with Gasteiger partial charge in [-0.25, -0.2) is 17.5 Å². The normalized spacial score (nSPS) is 36.1. The van der Waals surface area contributed by atoms with Gasteiger partial charge in [-0.05, 0) is 110 Å². The molecule has 0 aromatic heterocycles. The molecule has 2 saturated heterocycles. The zero-order valence-corrected chi connectivity index (χ0v) is 33.8. The predicted molar refractivity (Wildman–Crippen MR) is 210 cm³/mol. The molecule has 3 fully saturated rings. The van der Waals surface area contributed by atoms with Gasteiger partial charge in [0, 0.05) is 69.9 Å². The molecule has 1 saturated carbocycles. The van der Waals surface area contributed by atoms with E-state index in [1.165, 1.54) is 5.57 Å². The van der Waals surface area contributed by atoms with Gasteiger partial charge in [0.25, 0.3) is 5.91 Å². The lowest BCUT2D eigenvalue weighted by molar-refractivity contribution is -0.119. The summed E-state index contributed by atoms with van der Waals surface area (Å²) in [5, 5.41) is -0.660. The highest BCUT2D eigenvalue weighted by Gasteiger charge is 2.55. The van der Waals surface area contributed by atoms with Gasteiger partial charge >= 0.3 is 0 Å². The number of hydrogen-bond acceptors (Lipinski definition) is 9. The van der Waals surface area contributed by atoms with Gasteiger partial charge < -0.3 is 19.1 Å². The number of carbonyl (C=O) groups is 1. The van der Waals surface area contributed by atoms with Crippen molar-refractivity contribution in [3.05, 3.63) is 69.5 Å². The summed E-state index contributed by atoms with van der Waals surface area (Å²) >= 11 is 6.32. The maximum Gasteiger partial charge on any atom is 0.264 e. The number of anilines is 1. The van der Waals surface area contributed by atoms with E-state index in [1.54, 1.807) is 31.2 Å². The number of benzene rings is 2. The Labute approximate surface area is 329 Å². The molecular formula is C42H54ClFN4O6S. The molecule has 10 nitrogen and oxygen atoms in total. The van der Waals surface area contributed by atoms with E-state index in [0.717, 1.165) is 89.3 Å². The summed E-state index contributed by atoms with van der Waals surface area (Å²) in [6.45, 7) is 11.4. The van der Waals surface area contributed by atoms with E-state index in [1.807, 2.05) is 20.1 Å². The van der Waals surface area contributed by atoms with Crippen LogP contribution in [0.3, 0.4) is 0 Å². The first kappa shape index (κ1) is 37.8. The highest BCUT2D eigenvalue weighted by atomic mass is 35.5. The zero-order chi connectivity index (χ0) is 38.3. The lowest BCUT2D eigenvalue weighted by Crippen LogP contribution is -2.64. The van der Waals surface area contributed by atoms with Gasteiger partial charge in [-0.15, -0.1) is 0 Å². The molecule has 10 rings (SSSR count). The number of morpholine rings is 1. The molecule has 5 heterocycles. The Morgan fingerprint density at radius 3 is 2.73 bits per heavy atom. The van der Waals surface area contributed by atoms with Crippen molar-refractivity contribution < 1.29 is 31.8 Å². The topological polar surface area (TPSA) is 101 Å². The maximum absolute atomic E-state index is 15.6. The second-order valence-electron chi connectivity index (χ2n) is 17.5. The van der Waals surface area contributed by atoms with Crippen LogP contribution in [-0.2, 0) is 31.3 Å². The average Bonchev–Trinajstić information content (AvgIpc) is 3.29. The number of hydrogen-bond donors (Lipinski definition) is 1. The maximum atomic E-state index is 15.6. The number of ether oxygens (including phenoxy) is 3. The van der Waals surface area contributed by atoms with E-state index in [2.05, 4.69) is 25.5 Å². The number of piperazine rings is 1. The van der Waals surface area contributed by atoms with Crippen molar-refractivity contribution in [2.45, 2.75) is 74.7 Å². The van der Waals surface area contributed by atoms with Crippen LogP contribution in [0.5, 0.6) is 5.75 Å².